The van der Waals surface area contributed by atoms with Gasteiger partial charge in [-0.2, -0.15) is 0 Å². The van der Waals surface area contributed by atoms with Crippen LogP contribution in [0.4, 0.5) is 0 Å². The Morgan fingerprint density at radius 3 is 2.74 bits per heavy atom. The summed E-state index contributed by atoms with van der Waals surface area (Å²) in [6, 6.07) is 6.66. The average Bonchev–Trinajstić information content (AvgIpc) is 2.67. The molecule has 1 aliphatic rings. The van der Waals surface area contributed by atoms with Crippen LogP contribution in [-0.2, 0) is 9.59 Å². The van der Waals surface area contributed by atoms with Crippen LogP contribution in [0.3, 0.4) is 0 Å². The predicted octanol–water partition coefficient (Wildman–Crippen LogP) is 1.07. The van der Waals surface area contributed by atoms with Crippen LogP contribution in [0, 0.1) is 0 Å². The number of nitrogens with zero attached hydrogens (tertiary/aromatic N) is 1. The van der Waals surface area contributed by atoms with Crippen LogP contribution in [-0.4, -0.2) is 43.0 Å². The standard InChI is InChI=1S/C13H15ClN2O3/c1-16-7-10(6-13(16)18)15-12(17)8-19-11-4-2-9(14)3-5-11/h2-5,10H,6-8H2,1H3,(H,15,17). The molecule has 1 saturated heterocycles. The largest absolute Gasteiger partial charge is 0.484 e. The zero-order valence-corrected chi connectivity index (χ0v) is 11.3. The number of hydrogen-bond donors (Lipinski definition) is 1. The first-order valence-electron chi connectivity index (χ1n) is 5.96. The number of halogens is 1. The molecule has 6 heteroatoms. The normalized spacial score (nSPS) is 18.5. The van der Waals surface area contributed by atoms with Crippen LogP contribution in [0.2, 0.25) is 5.02 Å². The molecule has 1 fully saturated rings. The SMILES string of the molecule is CN1CC(NC(=O)COc2ccc(Cl)cc2)CC1=O. The minimum Gasteiger partial charge on any atom is -0.484 e. The summed E-state index contributed by atoms with van der Waals surface area (Å²) in [7, 11) is 1.72. The molecule has 19 heavy (non-hydrogen) atoms. The van der Waals surface area contributed by atoms with Gasteiger partial charge in [-0.25, -0.2) is 0 Å². The van der Waals surface area contributed by atoms with Gasteiger partial charge in [-0.15, -0.1) is 0 Å². The molecule has 0 radical (unpaired) electrons. The van der Waals surface area contributed by atoms with Gasteiger partial charge in [0.15, 0.2) is 6.61 Å². The van der Waals surface area contributed by atoms with Gasteiger partial charge in [-0.3, -0.25) is 9.59 Å². The molecule has 1 N–H and O–H groups in total. The fourth-order valence-electron chi connectivity index (χ4n) is 1.91. The zero-order valence-electron chi connectivity index (χ0n) is 10.6. The minimum atomic E-state index is -0.233. The van der Waals surface area contributed by atoms with Gasteiger partial charge in [0.2, 0.25) is 5.91 Å². The van der Waals surface area contributed by atoms with E-state index in [9.17, 15) is 9.59 Å². The molecule has 1 unspecified atom stereocenters. The third kappa shape index (κ3) is 3.86. The first kappa shape index (κ1) is 13.7. The number of likely N-dealkylation sites (tertiary alicyclic amines) is 1. The maximum absolute atomic E-state index is 11.7. The molecule has 0 bridgehead atoms. The summed E-state index contributed by atoms with van der Waals surface area (Å²) in [5.41, 5.74) is 0. The molecule has 0 spiro atoms. The van der Waals surface area contributed by atoms with Crippen molar-refractivity contribution in [1.82, 2.24) is 10.2 Å². The van der Waals surface area contributed by atoms with E-state index in [0.29, 0.717) is 23.7 Å². The van der Waals surface area contributed by atoms with Gasteiger partial charge in [0, 0.05) is 25.0 Å². The van der Waals surface area contributed by atoms with Gasteiger partial charge in [0.25, 0.3) is 5.91 Å². The molecule has 1 aromatic carbocycles. The molecule has 0 saturated carbocycles. The van der Waals surface area contributed by atoms with Crippen molar-refractivity contribution in [2.24, 2.45) is 0 Å². The van der Waals surface area contributed by atoms with E-state index in [1.165, 1.54) is 0 Å². The highest BCUT2D eigenvalue weighted by Gasteiger charge is 2.27. The average molecular weight is 283 g/mol. The van der Waals surface area contributed by atoms with Gasteiger partial charge in [-0.1, -0.05) is 11.6 Å². The number of nitrogens with one attached hydrogen (secondary N) is 1. The van der Waals surface area contributed by atoms with Crippen LogP contribution in [0.5, 0.6) is 5.75 Å². The number of hydrogen-bond acceptors (Lipinski definition) is 3. The summed E-state index contributed by atoms with van der Waals surface area (Å²) in [5.74, 6) is 0.395. The molecule has 1 atom stereocenters. The second-order valence-corrected chi connectivity index (χ2v) is 4.92. The lowest BCUT2D eigenvalue weighted by Gasteiger charge is -2.12. The summed E-state index contributed by atoms with van der Waals surface area (Å²) in [6.07, 6.45) is 0.350. The third-order valence-electron chi connectivity index (χ3n) is 2.89. The van der Waals surface area contributed by atoms with Crippen molar-refractivity contribution in [3.63, 3.8) is 0 Å². The molecule has 2 amide bonds. The number of amides is 2. The highest BCUT2D eigenvalue weighted by Crippen LogP contribution is 2.15. The molecular weight excluding hydrogens is 268 g/mol. The molecule has 0 aliphatic carbocycles. The summed E-state index contributed by atoms with van der Waals surface area (Å²) in [4.78, 5) is 24.6. The van der Waals surface area contributed by atoms with E-state index in [0.717, 1.165) is 0 Å². The fourth-order valence-corrected chi connectivity index (χ4v) is 2.04. The van der Waals surface area contributed by atoms with Crippen molar-refractivity contribution in [2.75, 3.05) is 20.2 Å². The molecule has 0 aromatic heterocycles. The van der Waals surface area contributed by atoms with E-state index < -0.39 is 0 Å². The molecule has 1 aromatic rings. The fraction of sp³-hybridized carbons (Fsp3) is 0.385. The Kier molecular flexibility index (Phi) is 4.27. The smallest absolute Gasteiger partial charge is 0.258 e. The molecule has 1 aliphatic heterocycles. The first-order valence-corrected chi connectivity index (χ1v) is 6.34. The summed E-state index contributed by atoms with van der Waals surface area (Å²) >= 11 is 5.74. The van der Waals surface area contributed by atoms with Gasteiger partial charge >= 0.3 is 0 Å². The summed E-state index contributed by atoms with van der Waals surface area (Å²) < 4.78 is 5.32. The van der Waals surface area contributed by atoms with Gasteiger partial charge in [-0.05, 0) is 24.3 Å². The topological polar surface area (TPSA) is 58.6 Å². The van der Waals surface area contributed by atoms with E-state index in [1.54, 1.807) is 36.2 Å². The lowest BCUT2D eigenvalue weighted by molar-refractivity contribution is -0.126. The summed E-state index contributed by atoms with van der Waals surface area (Å²) in [5, 5.41) is 3.38. The van der Waals surface area contributed by atoms with Crippen LogP contribution in [0.25, 0.3) is 0 Å². The number of rotatable bonds is 4. The Morgan fingerprint density at radius 2 is 2.16 bits per heavy atom. The van der Waals surface area contributed by atoms with Crippen molar-refractivity contribution in [1.29, 1.82) is 0 Å². The number of carbonyl (C=O) groups excluding carboxylic acids is 2. The van der Waals surface area contributed by atoms with E-state index in [2.05, 4.69) is 5.32 Å². The van der Waals surface area contributed by atoms with E-state index in [1.807, 2.05) is 0 Å². The quantitative estimate of drug-likeness (QED) is 0.898. The Hall–Kier alpha value is -1.75. The van der Waals surface area contributed by atoms with E-state index in [4.69, 9.17) is 16.3 Å². The summed E-state index contributed by atoms with van der Waals surface area (Å²) in [6.45, 7) is 0.474. The van der Waals surface area contributed by atoms with E-state index >= 15 is 0 Å². The Bertz CT molecular complexity index is 475. The monoisotopic (exact) mass is 282 g/mol. The van der Waals surface area contributed by atoms with Crippen molar-refractivity contribution < 1.29 is 14.3 Å². The van der Waals surface area contributed by atoms with Crippen LogP contribution >= 0.6 is 11.6 Å². The predicted molar refractivity (Wildman–Crippen MR) is 71.1 cm³/mol. The Labute approximate surface area is 116 Å². The maximum atomic E-state index is 11.7. The number of benzene rings is 1. The molecule has 2 rings (SSSR count). The second-order valence-electron chi connectivity index (χ2n) is 4.49. The third-order valence-corrected chi connectivity index (χ3v) is 3.14. The van der Waals surface area contributed by atoms with Crippen molar-refractivity contribution >= 4 is 23.4 Å². The van der Waals surface area contributed by atoms with Crippen molar-refractivity contribution in [3.05, 3.63) is 29.3 Å². The number of carbonyl (C=O) groups is 2. The molecule has 5 nitrogen and oxygen atoms in total. The van der Waals surface area contributed by atoms with Crippen molar-refractivity contribution in [3.8, 4) is 5.75 Å². The number of ether oxygens (including phenoxy) is 1. The zero-order chi connectivity index (χ0) is 13.8. The molecular formula is C13H15ClN2O3. The van der Waals surface area contributed by atoms with Gasteiger partial charge in [0.05, 0.1) is 6.04 Å². The maximum Gasteiger partial charge on any atom is 0.258 e. The lowest BCUT2D eigenvalue weighted by atomic mass is 10.2. The lowest BCUT2D eigenvalue weighted by Crippen LogP contribution is -2.39. The molecule has 1 heterocycles. The molecule has 102 valence electrons. The first-order chi connectivity index (χ1) is 9.04. The Balaban J connectivity index is 1.76. The highest BCUT2D eigenvalue weighted by atomic mass is 35.5. The van der Waals surface area contributed by atoms with Crippen molar-refractivity contribution in [2.45, 2.75) is 12.5 Å². The minimum absolute atomic E-state index is 0.0453. The van der Waals surface area contributed by atoms with Crippen LogP contribution < -0.4 is 10.1 Å². The number of likely N-dealkylation sites (N-methyl/N-ethyl adjacent to an activating group) is 1. The Morgan fingerprint density at radius 1 is 1.47 bits per heavy atom. The van der Waals surface area contributed by atoms with Crippen LogP contribution in [0.15, 0.2) is 24.3 Å². The van der Waals surface area contributed by atoms with Crippen LogP contribution in [0.1, 0.15) is 6.42 Å². The van der Waals surface area contributed by atoms with E-state index in [-0.39, 0.29) is 24.5 Å². The highest BCUT2D eigenvalue weighted by molar-refractivity contribution is 6.30. The van der Waals surface area contributed by atoms with Gasteiger partial charge < -0.3 is 15.0 Å². The van der Waals surface area contributed by atoms with Gasteiger partial charge in [0.1, 0.15) is 5.75 Å². The second kappa shape index (κ2) is 5.93.